The summed E-state index contributed by atoms with van der Waals surface area (Å²) in [6.45, 7) is 1.83. The Hall–Kier alpha value is -1.89. The number of carbonyl (C=O) groups excluding carboxylic acids is 1. The summed E-state index contributed by atoms with van der Waals surface area (Å²) in [6, 6.07) is 15.2. The predicted molar refractivity (Wildman–Crippen MR) is 102 cm³/mol. The molecule has 122 valence electrons. The fraction of sp³-hybridized carbons (Fsp3) is 0.118. The van der Waals surface area contributed by atoms with E-state index in [1.54, 1.807) is 17.4 Å². The largest absolute Gasteiger partial charge is 0.272 e. The number of hydrogen-bond donors (Lipinski definition) is 1. The molecule has 0 bridgehead atoms. The Morgan fingerprint density at radius 2 is 2.04 bits per heavy atom. The maximum absolute atomic E-state index is 12.1. The quantitative estimate of drug-likeness (QED) is 0.403. The van der Waals surface area contributed by atoms with Crippen LogP contribution in [0.2, 0.25) is 5.02 Å². The highest BCUT2D eigenvalue weighted by molar-refractivity contribution is 8.02. The molecular formula is C17H14ClN3OS2. The number of aromatic nitrogens is 1. The summed E-state index contributed by atoms with van der Waals surface area (Å²) in [5, 5.41) is 4.26. The van der Waals surface area contributed by atoms with E-state index in [4.69, 9.17) is 11.6 Å². The van der Waals surface area contributed by atoms with Gasteiger partial charge >= 0.3 is 0 Å². The smallest absolute Gasteiger partial charge is 0.253 e. The summed E-state index contributed by atoms with van der Waals surface area (Å²) in [7, 11) is 0. The number of hydrazone groups is 1. The Morgan fingerprint density at radius 3 is 2.83 bits per heavy atom. The number of thiazole rings is 1. The molecule has 0 spiro atoms. The maximum atomic E-state index is 12.1. The Balaban J connectivity index is 1.59. The topological polar surface area (TPSA) is 54.4 Å². The second-order valence-corrected chi connectivity index (χ2v) is 7.99. The molecule has 1 amide bonds. The third-order valence-electron chi connectivity index (χ3n) is 3.20. The monoisotopic (exact) mass is 375 g/mol. The maximum Gasteiger partial charge on any atom is 0.253 e. The number of amides is 1. The number of fused-ring (bicyclic) bond motifs is 1. The molecule has 0 aliphatic heterocycles. The molecule has 1 N–H and O–H groups in total. The zero-order valence-electron chi connectivity index (χ0n) is 12.8. The minimum Gasteiger partial charge on any atom is -0.272 e. The van der Waals surface area contributed by atoms with Gasteiger partial charge in [-0.3, -0.25) is 4.79 Å². The number of rotatable bonds is 5. The number of halogens is 1. The Morgan fingerprint density at radius 1 is 1.29 bits per heavy atom. The average Bonchev–Trinajstić information content (AvgIpc) is 2.98. The van der Waals surface area contributed by atoms with Crippen molar-refractivity contribution >= 4 is 57.0 Å². The molecule has 2 aromatic carbocycles. The number of nitrogens with zero attached hydrogens (tertiary/aromatic N) is 2. The molecular weight excluding hydrogens is 362 g/mol. The lowest BCUT2D eigenvalue weighted by Gasteiger charge is -2.06. The van der Waals surface area contributed by atoms with Gasteiger partial charge in [-0.15, -0.1) is 11.3 Å². The van der Waals surface area contributed by atoms with Crippen LogP contribution in [-0.4, -0.2) is 22.4 Å². The molecule has 7 heteroatoms. The van der Waals surface area contributed by atoms with Crippen molar-refractivity contribution in [3.63, 3.8) is 0 Å². The van der Waals surface area contributed by atoms with Gasteiger partial charge in [0.1, 0.15) is 0 Å². The Bertz CT molecular complexity index is 861. The minimum absolute atomic E-state index is 0.178. The SMILES string of the molecule is C[C@H](Sc1nc2ccccc2s1)C(=O)N/N=C\c1ccccc1Cl. The summed E-state index contributed by atoms with van der Waals surface area (Å²) >= 11 is 9.04. The van der Waals surface area contributed by atoms with Crippen LogP contribution in [0.15, 0.2) is 58.0 Å². The zero-order chi connectivity index (χ0) is 16.9. The summed E-state index contributed by atoms with van der Waals surface area (Å²) in [4.78, 5) is 16.7. The third-order valence-corrected chi connectivity index (χ3v) is 5.78. The molecule has 24 heavy (non-hydrogen) atoms. The van der Waals surface area contributed by atoms with Gasteiger partial charge in [-0.05, 0) is 25.1 Å². The van der Waals surface area contributed by atoms with Crippen LogP contribution < -0.4 is 5.43 Å². The molecule has 3 aromatic rings. The molecule has 0 aliphatic rings. The van der Waals surface area contributed by atoms with Crippen molar-refractivity contribution < 1.29 is 4.79 Å². The standard InChI is InChI=1S/C17H14ClN3OS2/c1-11(23-17-20-14-8-4-5-9-15(14)24-17)16(22)21-19-10-12-6-2-3-7-13(12)18/h2-11H,1H3,(H,21,22)/b19-10-/t11-/m0/s1. The molecule has 0 saturated carbocycles. The Labute approximate surface area is 152 Å². The van der Waals surface area contributed by atoms with Crippen molar-refractivity contribution in [1.82, 2.24) is 10.4 Å². The van der Waals surface area contributed by atoms with E-state index in [2.05, 4.69) is 15.5 Å². The van der Waals surface area contributed by atoms with E-state index >= 15 is 0 Å². The lowest BCUT2D eigenvalue weighted by atomic mass is 10.2. The van der Waals surface area contributed by atoms with E-state index in [9.17, 15) is 4.79 Å². The summed E-state index contributed by atoms with van der Waals surface area (Å²) in [5.74, 6) is -0.178. The first-order chi connectivity index (χ1) is 11.6. The van der Waals surface area contributed by atoms with Gasteiger partial charge < -0.3 is 0 Å². The third kappa shape index (κ3) is 4.14. The Kier molecular flexibility index (Phi) is 5.50. The highest BCUT2D eigenvalue weighted by Gasteiger charge is 2.16. The minimum atomic E-state index is -0.297. The van der Waals surface area contributed by atoms with Gasteiger partial charge in [-0.25, -0.2) is 10.4 Å². The van der Waals surface area contributed by atoms with Gasteiger partial charge in [0.25, 0.3) is 5.91 Å². The first-order valence-corrected chi connectivity index (χ1v) is 9.30. The highest BCUT2D eigenvalue weighted by Crippen LogP contribution is 2.31. The number of thioether (sulfide) groups is 1. The normalized spacial score (nSPS) is 12.6. The molecule has 0 unspecified atom stereocenters. The molecule has 0 fully saturated rings. The van der Waals surface area contributed by atoms with Crippen molar-refractivity contribution in [3.05, 3.63) is 59.1 Å². The number of benzene rings is 2. The van der Waals surface area contributed by atoms with Gasteiger partial charge in [0.15, 0.2) is 4.34 Å². The number of carbonyl (C=O) groups is 1. The molecule has 4 nitrogen and oxygen atoms in total. The average molecular weight is 376 g/mol. The molecule has 1 heterocycles. The van der Waals surface area contributed by atoms with Crippen LogP contribution in [0.25, 0.3) is 10.2 Å². The number of nitrogens with one attached hydrogen (secondary N) is 1. The van der Waals surface area contributed by atoms with Crippen LogP contribution in [0.4, 0.5) is 0 Å². The summed E-state index contributed by atoms with van der Waals surface area (Å²) in [5.41, 5.74) is 4.25. The zero-order valence-corrected chi connectivity index (χ0v) is 15.2. The van der Waals surface area contributed by atoms with Gasteiger partial charge in [0, 0.05) is 10.6 Å². The van der Waals surface area contributed by atoms with E-state index in [-0.39, 0.29) is 11.2 Å². The molecule has 1 aromatic heterocycles. The molecule has 1 atom stereocenters. The number of para-hydroxylation sites is 1. The highest BCUT2D eigenvalue weighted by atomic mass is 35.5. The van der Waals surface area contributed by atoms with Crippen LogP contribution in [0.1, 0.15) is 12.5 Å². The molecule has 0 radical (unpaired) electrons. The van der Waals surface area contributed by atoms with Gasteiger partial charge in [0.2, 0.25) is 0 Å². The van der Waals surface area contributed by atoms with E-state index in [1.807, 2.05) is 49.4 Å². The van der Waals surface area contributed by atoms with Gasteiger partial charge in [-0.1, -0.05) is 53.7 Å². The summed E-state index contributed by atoms with van der Waals surface area (Å²) < 4.78 is 1.98. The van der Waals surface area contributed by atoms with Crippen LogP contribution in [0.5, 0.6) is 0 Å². The van der Waals surface area contributed by atoms with Crippen LogP contribution in [-0.2, 0) is 4.79 Å². The second-order valence-electron chi connectivity index (χ2n) is 4.96. The fourth-order valence-electron chi connectivity index (χ4n) is 1.94. The van der Waals surface area contributed by atoms with Crippen LogP contribution >= 0.6 is 34.7 Å². The molecule has 0 aliphatic carbocycles. The second kappa shape index (κ2) is 7.79. The van der Waals surface area contributed by atoms with Crippen LogP contribution in [0, 0.1) is 0 Å². The lowest BCUT2D eigenvalue weighted by Crippen LogP contribution is -2.26. The van der Waals surface area contributed by atoms with Crippen molar-refractivity contribution in [2.45, 2.75) is 16.5 Å². The van der Waals surface area contributed by atoms with E-state index in [1.165, 1.54) is 18.0 Å². The van der Waals surface area contributed by atoms with Crippen molar-refractivity contribution in [1.29, 1.82) is 0 Å². The predicted octanol–water partition coefficient (Wildman–Crippen LogP) is 4.58. The van der Waals surface area contributed by atoms with Crippen molar-refractivity contribution in [3.8, 4) is 0 Å². The summed E-state index contributed by atoms with van der Waals surface area (Å²) in [6.07, 6.45) is 1.54. The van der Waals surface area contributed by atoms with Gasteiger partial charge in [-0.2, -0.15) is 5.10 Å². The number of hydrogen-bond acceptors (Lipinski definition) is 5. The van der Waals surface area contributed by atoms with Gasteiger partial charge in [0.05, 0.1) is 21.7 Å². The van der Waals surface area contributed by atoms with E-state index < -0.39 is 0 Å². The molecule has 3 rings (SSSR count). The molecule has 0 saturated heterocycles. The van der Waals surface area contributed by atoms with E-state index in [0.717, 1.165) is 20.1 Å². The fourth-order valence-corrected chi connectivity index (χ4v) is 4.33. The van der Waals surface area contributed by atoms with Crippen molar-refractivity contribution in [2.75, 3.05) is 0 Å². The van der Waals surface area contributed by atoms with Crippen LogP contribution in [0.3, 0.4) is 0 Å². The lowest BCUT2D eigenvalue weighted by molar-refractivity contribution is -0.120. The first kappa shape index (κ1) is 17.0. The van der Waals surface area contributed by atoms with E-state index in [0.29, 0.717) is 5.02 Å². The van der Waals surface area contributed by atoms with Crippen molar-refractivity contribution in [2.24, 2.45) is 5.10 Å². The first-order valence-electron chi connectivity index (χ1n) is 7.23.